The highest BCUT2D eigenvalue weighted by Gasteiger charge is 2.42. The molecule has 10 nitrogen and oxygen atoms in total. The number of carbonyl (C=O) groups excluding carboxylic acids is 2. The lowest BCUT2D eigenvalue weighted by atomic mass is 10.1. The smallest absolute Gasteiger partial charge is 0.332 e. The van der Waals surface area contributed by atoms with E-state index >= 15 is 0 Å². The van der Waals surface area contributed by atoms with Crippen LogP contribution in [0.15, 0.2) is 63.0 Å². The van der Waals surface area contributed by atoms with Gasteiger partial charge >= 0.3 is 5.69 Å². The van der Waals surface area contributed by atoms with E-state index < -0.39 is 44.9 Å². The number of nitrogens with one attached hydrogen (secondary N) is 2. The molecular formula is C23H18FN5O5S. The summed E-state index contributed by atoms with van der Waals surface area (Å²) >= 11 is 0. The first kappa shape index (κ1) is 23.8. The van der Waals surface area contributed by atoms with E-state index in [-0.39, 0.29) is 23.8 Å². The second kappa shape index (κ2) is 9.47. The van der Waals surface area contributed by atoms with E-state index in [0.29, 0.717) is 16.7 Å². The van der Waals surface area contributed by atoms with E-state index in [4.69, 9.17) is 5.26 Å². The SMILES string of the molecule is Cn1c2c(c(=O)n(Cc3ccc(C#N)cc3)c1=O)S(=O)C(C(=O)NCc1ccc(F)cc1)C(=O)N2. The first-order valence-corrected chi connectivity index (χ1v) is 11.5. The molecular weight excluding hydrogens is 477 g/mol. The molecule has 2 heterocycles. The summed E-state index contributed by atoms with van der Waals surface area (Å²) in [4.78, 5) is 51.0. The van der Waals surface area contributed by atoms with Crippen LogP contribution in [-0.4, -0.2) is 30.4 Å². The van der Waals surface area contributed by atoms with Gasteiger partial charge in [-0.15, -0.1) is 0 Å². The molecule has 0 saturated carbocycles. The maximum atomic E-state index is 13.3. The fourth-order valence-electron chi connectivity index (χ4n) is 3.57. The summed E-state index contributed by atoms with van der Waals surface area (Å²) in [7, 11) is -1.09. The molecule has 2 amide bonds. The van der Waals surface area contributed by atoms with Crippen molar-refractivity contribution >= 4 is 28.4 Å². The number of fused-ring (bicyclic) bond motifs is 1. The van der Waals surface area contributed by atoms with Crippen molar-refractivity contribution in [3.8, 4) is 6.07 Å². The molecule has 3 aromatic rings. The molecule has 2 unspecified atom stereocenters. The number of halogens is 1. The average Bonchev–Trinajstić information content (AvgIpc) is 2.85. The molecule has 0 radical (unpaired) electrons. The monoisotopic (exact) mass is 495 g/mol. The number of nitriles is 1. The van der Waals surface area contributed by atoms with Gasteiger partial charge in [-0.2, -0.15) is 5.26 Å². The Bertz CT molecular complexity index is 1520. The Labute approximate surface area is 200 Å². The summed E-state index contributed by atoms with van der Waals surface area (Å²) in [5.41, 5.74) is -0.161. The van der Waals surface area contributed by atoms with Crippen molar-refractivity contribution in [1.29, 1.82) is 5.26 Å². The fraction of sp³-hybridized carbons (Fsp3) is 0.174. The fourth-order valence-corrected chi connectivity index (χ4v) is 4.99. The van der Waals surface area contributed by atoms with Crippen molar-refractivity contribution in [2.24, 2.45) is 7.05 Å². The normalized spacial score (nSPS) is 16.7. The third kappa shape index (κ3) is 4.53. The van der Waals surface area contributed by atoms with Crippen LogP contribution in [0.1, 0.15) is 16.7 Å². The Balaban J connectivity index is 1.66. The van der Waals surface area contributed by atoms with Crippen molar-refractivity contribution in [2.45, 2.75) is 23.2 Å². The number of benzene rings is 2. The lowest BCUT2D eigenvalue weighted by Crippen LogP contribution is -2.52. The highest BCUT2D eigenvalue weighted by molar-refractivity contribution is 7.87. The molecule has 0 fully saturated rings. The average molecular weight is 495 g/mol. The quantitative estimate of drug-likeness (QED) is 0.489. The highest BCUT2D eigenvalue weighted by atomic mass is 32.2. The van der Waals surface area contributed by atoms with Crippen molar-refractivity contribution in [3.63, 3.8) is 0 Å². The van der Waals surface area contributed by atoms with Crippen LogP contribution >= 0.6 is 0 Å². The van der Waals surface area contributed by atoms with Gasteiger partial charge in [-0.3, -0.25) is 27.7 Å². The van der Waals surface area contributed by atoms with Gasteiger partial charge in [0, 0.05) is 13.6 Å². The Kier molecular flexibility index (Phi) is 6.44. The molecule has 0 saturated heterocycles. The maximum Gasteiger partial charge on any atom is 0.332 e. The predicted octanol–water partition coefficient (Wildman–Crippen LogP) is 0.351. The zero-order valence-corrected chi connectivity index (χ0v) is 19.1. The number of hydrogen-bond donors (Lipinski definition) is 2. The largest absolute Gasteiger partial charge is 0.351 e. The van der Waals surface area contributed by atoms with Crippen LogP contribution in [0.25, 0.3) is 0 Å². The summed E-state index contributed by atoms with van der Waals surface area (Å²) in [6.07, 6.45) is 0. The van der Waals surface area contributed by atoms with Gasteiger partial charge in [-0.1, -0.05) is 24.3 Å². The zero-order chi connectivity index (χ0) is 25.3. The number of aromatic nitrogens is 2. The van der Waals surface area contributed by atoms with Crippen LogP contribution < -0.4 is 21.9 Å². The van der Waals surface area contributed by atoms with Gasteiger partial charge in [-0.05, 0) is 35.4 Å². The molecule has 0 bridgehead atoms. The van der Waals surface area contributed by atoms with E-state index in [1.54, 1.807) is 12.1 Å². The summed E-state index contributed by atoms with van der Waals surface area (Å²) in [5, 5.41) is 12.0. The van der Waals surface area contributed by atoms with Crippen molar-refractivity contribution < 1.29 is 18.2 Å². The minimum atomic E-state index is -2.40. The van der Waals surface area contributed by atoms with E-state index in [1.165, 1.54) is 43.4 Å². The summed E-state index contributed by atoms with van der Waals surface area (Å²) in [6.45, 7) is -0.222. The lowest BCUT2D eigenvalue weighted by Gasteiger charge is -2.25. The molecule has 1 aliphatic rings. The van der Waals surface area contributed by atoms with Crippen LogP contribution in [0, 0.1) is 17.1 Å². The zero-order valence-electron chi connectivity index (χ0n) is 18.3. The lowest BCUT2D eigenvalue weighted by molar-refractivity contribution is -0.126. The van der Waals surface area contributed by atoms with Gasteiger partial charge in [0.1, 0.15) is 16.5 Å². The summed E-state index contributed by atoms with van der Waals surface area (Å²) in [6, 6.07) is 13.5. The third-order valence-electron chi connectivity index (χ3n) is 5.44. The topological polar surface area (TPSA) is 143 Å². The van der Waals surface area contributed by atoms with Gasteiger partial charge < -0.3 is 10.6 Å². The number of carbonyl (C=O) groups is 2. The molecule has 1 aliphatic heterocycles. The standard InChI is InChI=1S/C23H18FN5O5S/c1-28-19-17(22(32)29(23(28)33)12-15-4-2-13(10-25)3-5-15)35(34)18(21(31)27-19)20(30)26-11-14-6-8-16(24)9-7-14/h2-9,18H,11-12H2,1H3,(H,26,30)(H,27,31). The molecule has 0 aliphatic carbocycles. The molecule has 12 heteroatoms. The Morgan fingerprint density at radius 3 is 2.37 bits per heavy atom. The number of nitrogens with zero attached hydrogens (tertiary/aromatic N) is 3. The Morgan fingerprint density at radius 2 is 1.74 bits per heavy atom. The molecule has 0 spiro atoms. The first-order chi connectivity index (χ1) is 16.7. The van der Waals surface area contributed by atoms with E-state index in [1.807, 2.05) is 6.07 Å². The Hall–Kier alpha value is -4.37. The van der Waals surface area contributed by atoms with Crippen LogP contribution in [0.3, 0.4) is 0 Å². The van der Waals surface area contributed by atoms with E-state index in [0.717, 1.165) is 9.13 Å². The highest BCUT2D eigenvalue weighted by Crippen LogP contribution is 2.23. The Morgan fingerprint density at radius 1 is 1.11 bits per heavy atom. The van der Waals surface area contributed by atoms with Crippen LogP contribution in [0.4, 0.5) is 10.2 Å². The summed E-state index contributed by atoms with van der Waals surface area (Å²) < 4.78 is 28.2. The van der Waals surface area contributed by atoms with Crippen molar-refractivity contribution in [1.82, 2.24) is 14.5 Å². The molecule has 35 heavy (non-hydrogen) atoms. The summed E-state index contributed by atoms with van der Waals surface area (Å²) in [5.74, 6) is -2.50. The maximum absolute atomic E-state index is 13.3. The molecule has 1 aromatic heterocycles. The predicted molar refractivity (Wildman–Crippen MR) is 123 cm³/mol. The molecule has 2 aromatic carbocycles. The molecule has 2 N–H and O–H groups in total. The second-order valence-corrected chi connectivity index (χ2v) is 9.20. The molecule has 2 atom stereocenters. The van der Waals surface area contributed by atoms with Crippen LogP contribution in [0.2, 0.25) is 0 Å². The first-order valence-electron chi connectivity index (χ1n) is 10.3. The van der Waals surface area contributed by atoms with Gasteiger partial charge in [-0.25, -0.2) is 9.18 Å². The number of anilines is 1. The minimum absolute atomic E-state index is 0.0524. The van der Waals surface area contributed by atoms with Crippen molar-refractivity contribution in [2.75, 3.05) is 5.32 Å². The number of rotatable bonds is 5. The van der Waals surface area contributed by atoms with E-state index in [9.17, 15) is 27.8 Å². The number of hydrogen-bond acceptors (Lipinski definition) is 6. The van der Waals surface area contributed by atoms with E-state index in [2.05, 4.69) is 10.6 Å². The molecule has 4 rings (SSSR count). The van der Waals surface area contributed by atoms with Gasteiger partial charge in [0.05, 0.1) is 29.0 Å². The minimum Gasteiger partial charge on any atom is -0.351 e. The number of amides is 2. The second-order valence-electron chi connectivity index (χ2n) is 7.73. The van der Waals surface area contributed by atoms with Crippen LogP contribution in [0.5, 0.6) is 0 Å². The van der Waals surface area contributed by atoms with Gasteiger partial charge in [0.2, 0.25) is 5.91 Å². The third-order valence-corrected chi connectivity index (χ3v) is 7.07. The van der Waals surface area contributed by atoms with Crippen molar-refractivity contribution in [3.05, 3.63) is 91.9 Å². The molecule has 178 valence electrons. The van der Waals surface area contributed by atoms with Gasteiger partial charge in [0.25, 0.3) is 11.5 Å². The van der Waals surface area contributed by atoms with Gasteiger partial charge in [0.15, 0.2) is 5.25 Å². The van der Waals surface area contributed by atoms with Crippen LogP contribution in [-0.2, 0) is 40.5 Å².